The van der Waals surface area contributed by atoms with Crippen LogP contribution in [0.5, 0.6) is 0 Å². The molecule has 1 amide bonds. The number of esters is 1. The molecule has 0 fully saturated rings. The summed E-state index contributed by atoms with van der Waals surface area (Å²) in [4.78, 5) is 26.6. The minimum Gasteiger partial charge on any atom is -0.466 e. The molecule has 0 aromatic carbocycles. The van der Waals surface area contributed by atoms with Gasteiger partial charge in [0.05, 0.1) is 19.1 Å². The summed E-state index contributed by atoms with van der Waals surface area (Å²) >= 11 is 0. The molecule has 0 saturated heterocycles. The molecule has 0 aliphatic rings. The summed E-state index contributed by atoms with van der Waals surface area (Å²) in [5.74, 6) is -0.503. The number of carbonyl (C=O) groups is 2. The third-order valence-electron chi connectivity index (χ3n) is 2.45. The van der Waals surface area contributed by atoms with E-state index in [-0.39, 0.29) is 30.8 Å². The fourth-order valence-electron chi connectivity index (χ4n) is 1.50. The molecule has 1 heterocycles. The Morgan fingerprint density at radius 2 is 2.00 bits per heavy atom. The number of hydrogen-bond donors (Lipinski definition) is 1. The van der Waals surface area contributed by atoms with Crippen LogP contribution in [0.25, 0.3) is 0 Å². The van der Waals surface area contributed by atoms with Crippen molar-refractivity contribution in [3.8, 4) is 0 Å². The maximum atomic E-state index is 11.6. The van der Waals surface area contributed by atoms with E-state index in [9.17, 15) is 9.59 Å². The van der Waals surface area contributed by atoms with Crippen molar-refractivity contribution < 1.29 is 14.3 Å². The summed E-state index contributed by atoms with van der Waals surface area (Å²) in [5.41, 5.74) is 0.981. The standard InChI is InChI=1S/C13H18N2O3/c1-3-18-13(17)5-4-12(16)15-10(2)11-6-8-14-9-7-11/h6-10H,3-5H2,1-2H3,(H,15,16). The van der Waals surface area contributed by atoms with E-state index < -0.39 is 0 Å². The highest BCUT2D eigenvalue weighted by Gasteiger charge is 2.11. The molecule has 1 unspecified atom stereocenters. The minimum absolute atomic E-state index is 0.0947. The number of aromatic nitrogens is 1. The molecule has 5 heteroatoms. The van der Waals surface area contributed by atoms with Crippen LogP contribution in [0.4, 0.5) is 0 Å². The predicted octanol–water partition coefficient (Wildman–Crippen LogP) is 1.60. The van der Waals surface area contributed by atoms with Crippen LogP contribution >= 0.6 is 0 Å². The summed E-state index contributed by atoms with van der Waals surface area (Å²) < 4.78 is 4.75. The molecule has 1 aromatic rings. The maximum absolute atomic E-state index is 11.6. The van der Waals surface area contributed by atoms with Gasteiger partial charge in [0.2, 0.25) is 5.91 Å². The van der Waals surface area contributed by atoms with Crippen molar-refractivity contribution in [3.05, 3.63) is 30.1 Å². The van der Waals surface area contributed by atoms with E-state index in [0.29, 0.717) is 6.61 Å². The molecule has 0 radical (unpaired) electrons. The van der Waals surface area contributed by atoms with Crippen molar-refractivity contribution in [1.29, 1.82) is 0 Å². The number of ether oxygens (including phenoxy) is 1. The largest absolute Gasteiger partial charge is 0.466 e. The van der Waals surface area contributed by atoms with Gasteiger partial charge in [-0.3, -0.25) is 14.6 Å². The Bertz CT molecular complexity index is 392. The van der Waals surface area contributed by atoms with Crippen LogP contribution in [-0.4, -0.2) is 23.5 Å². The van der Waals surface area contributed by atoms with E-state index in [1.807, 2.05) is 19.1 Å². The Kier molecular flexibility index (Phi) is 5.84. The van der Waals surface area contributed by atoms with Crippen LogP contribution in [0.2, 0.25) is 0 Å². The lowest BCUT2D eigenvalue weighted by Crippen LogP contribution is -2.27. The second-order valence-corrected chi connectivity index (χ2v) is 3.87. The zero-order valence-corrected chi connectivity index (χ0v) is 10.7. The molecular weight excluding hydrogens is 232 g/mol. The number of amides is 1. The second-order valence-electron chi connectivity index (χ2n) is 3.87. The van der Waals surface area contributed by atoms with E-state index in [1.165, 1.54) is 0 Å². The quantitative estimate of drug-likeness (QED) is 0.779. The van der Waals surface area contributed by atoms with Gasteiger partial charge in [-0.25, -0.2) is 0 Å². The van der Waals surface area contributed by atoms with Gasteiger partial charge in [0.1, 0.15) is 0 Å². The number of rotatable bonds is 6. The lowest BCUT2D eigenvalue weighted by atomic mass is 10.1. The third kappa shape index (κ3) is 4.95. The molecule has 98 valence electrons. The molecule has 0 bridgehead atoms. The first-order valence-corrected chi connectivity index (χ1v) is 5.98. The zero-order valence-electron chi connectivity index (χ0n) is 10.7. The number of pyridine rings is 1. The zero-order chi connectivity index (χ0) is 13.4. The summed E-state index contributed by atoms with van der Waals surface area (Å²) in [6.45, 7) is 3.97. The monoisotopic (exact) mass is 250 g/mol. The van der Waals surface area contributed by atoms with Gasteiger partial charge < -0.3 is 10.1 Å². The highest BCUT2D eigenvalue weighted by Crippen LogP contribution is 2.10. The van der Waals surface area contributed by atoms with Gasteiger partial charge in [0.25, 0.3) is 0 Å². The van der Waals surface area contributed by atoms with Gasteiger partial charge in [0, 0.05) is 18.8 Å². The number of carbonyl (C=O) groups excluding carboxylic acids is 2. The number of hydrogen-bond acceptors (Lipinski definition) is 4. The van der Waals surface area contributed by atoms with Crippen LogP contribution in [-0.2, 0) is 14.3 Å². The summed E-state index contributed by atoms with van der Waals surface area (Å²) in [6.07, 6.45) is 3.62. The van der Waals surface area contributed by atoms with Crippen molar-refractivity contribution in [2.75, 3.05) is 6.61 Å². The van der Waals surface area contributed by atoms with Crippen molar-refractivity contribution in [2.24, 2.45) is 0 Å². The normalized spacial score (nSPS) is 11.7. The van der Waals surface area contributed by atoms with Gasteiger partial charge in [-0.05, 0) is 31.5 Å². The van der Waals surface area contributed by atoms with E-state index in [1.54, 1.807) is 19.3 Å². The van der Waals surface area contributed by atoms with Gasteiger partial charge in [-0.1, -0.05) is 0 Å². The third-order valence-corrected chi connectivity index (χ3v) is 2.45. The molecule has 1 N–H and O–H groups in total. The van der Waals surface area contributed by atoms with E-state index >= 15 is 0 Å². The van der Waals surface area contributed by atoms with E-state index in [4.69, 9.17) is 4.74 Å². The molecule has 0 aliphatic heterocycles. The topological polar surface area (TPSA) is 68.3 Å². The average molecular weight is 250 g/mol. The molecule has 1 aromatic heterocycles. The van der Waals surface area contributed by atoms with E-state index in [0.717, 1.165) is 5.56 Å². The lowest BCUT2D eigenvalue weighted by molar-refractivity contribution is -0.144. The van der Waals surface area contributed by atoms with Crippen molar-refractivity contribution >= 4 is 11.9 Å². The van der Waals surface area contributed by atoms with Gasteiger partial charge in [-0.15, -0.1) is 0 Å². The molecule has 0 spiro atoms. The minimum atomic E-state index is -0.343. The summed E-state index contributed by atoms with van der Waals surface area (Å²) in [5, 5.41) is 2.82. The van der Waals surface area contributed by atoms with Gasteiger partial charge in [-0.2, -0.15) is 0 Å². The Balaban J connectivity index is 2.34. The fraction of sp³-hybridized carbons (Fsp3) is 0.462. The molecule has 5 nitrogen and oxygen atoms in total. The highest BCUT2D eigenvalue weighted by molar-refractivity contribution is 5.81. The number of nitrogens with zero attached hydrogens (tertiary/aromatic N) is 1. The Hall–Kier alpha value is -1.91. The van der Waals surface area contributed by atoms with Crippen LogP contribution < -0.4 is 5.32 Å². The second kappa shape index (κ2) is 7.42. The fourth-order valence-corrected chi connectivity index (χ4v) is 1.50. The van der Waals surface area contributed by atoms with Gasteiger partial charge >= 0.3 is 5.97 Å². The van der Waals surface area contributed by atoms with Crippen LogP contribution in [0.15, 0.2) is 24.5 Å². The average Bonchev–Trinajstić information content (AvgIpc) is 2.38. The lowest BCUT2D eigenvalue weighted by Gasteiger charge is -2.13. The van der Waals surface area contributed by atoms with Crippen LogP contribution in [0, 0.1) is 0 Å². The first-order valence-electron chi connectivity index (χ1n) is 5.98. The van der Waals surface area contributed by atoms with Crippen LogP contribution in [0.3, 0.4) is 0 Å². The smallest absolute Gasteiger partial charge is 0.306 e. The molecular formula is C13H18N2O3. The molecule has 18 heavy (non-hydrogen) atoms. The Morgan fingerprint density at radius 3 is 2.61 bits per heavy atom. The Labute approximate surface area is 107 Å². The Morgan fingerprint density at radius 1 is 1.33 bits per heavy atom. The van der Waals surface area contributed by atoms with Crippen molar-refractivity contribution in [3.63, 3.8) is 0 Å². The summed E-state index contributed by atoms with van der Waals surface area (Å²) in [7, 11) is 0. The van der Waals surface area contributed by atoms with E-state index in [2.05, 4.69) is 10.3 Å². The molecule has 0 saturated carbocycles. The van der Waals surface area contributed by atoms with Crippen molar-refractivity contribution in [2.45, 2.75) is 32.7 Å². The van der Waals surface area contributed by atoms with Gasteiger partial charge in [0.15, 0.2) is 0 Å². The predicted molar refractivity (Wildman–Crippen MR) is 66.7 cm³/mol. The molecule has 1 atom stereocenters. The maximum Gasteiger partial charge on any atom is 0.306 e. The first kappa shape index (κ1) is 14.2. The number of nitrogens with one attached hydrogen (secondary N) is 1. The summed E-state index contributed by atoms with van der Waals surface area (Å²) in [6, 6.07) is 3.59. The molecule has 0 aliphatic carbocycles. The van der Waals surface area contributed by atoms with Crippen LogP contribution in [0.1, 0.15) is 38.3 Å². The SMILES string of the molecule is CCOC(=O)CCC(=O)NC(C)c1ccncc1. The first-order chi connectivity index (χ1) is 8.63. The highest BCUT2D eigenvalue weighted by atomic mass is 16.5. The van der Waals surface area contributed by atoms with Crippen molar-refractivity contribution in [1.82, 2.24) is 10.3 Å². The molecule has 1 rings (SSSR count).